The monoisotopic (exact) mass is 268 g/mol. The highest BCUT2D eigenvalue weighted by Gasteiger charge is 2.38. The van der Waals surface area contributed by atoms with Crippen molar-refractivity contribution in [2.24, 2.45) is 11.5 Å². The number of rotatable bonds is 5. The third-order valence-corrected chi connectivity index (χ3v) is 4.01. The van der Waals surface area contributed by atoms with Crippen molar-refractivity contribution < 1.29 is 0 Å². The Morgan fingerprint density at radius 1 is 0.700 bits per heavy atom. The molecule has 2 heteroatoms. The zero-order chi connectivity index (χ0) is 14.6. The average Bonchev–Trinajstić information content (AvgIpc) is 2.39. The van der Waals surface area contributed by atoms with Crippen molar-refractivity contribution in [2.75, 3.05) is 0 Å². The summed E-state index contributed by atoms with van der Waals surface area (Å²) in [6, 6.07) is 20.7. The largest absolute Gasteiger partial charge is 0.324 e. The lowest BCUT2D eigenvalue weighted by atomic mass is 9.72. The van der Waals surface area contributed by atoms with Gasteiger partial charge in [0.2, 0.25) is 0 Å². The molecule has 0 amide bonds. The average molecular weight is 268 g/mol. The van der Waals surface area contributed by atoms with Crippen LogP contribution in [0.3, 0.4) is 0 Å². The number of hydrogen-bond acceptors (Lipinski definition) is 2. The van der Waals surface area contributed by atoms with E-state index in [0.717, 1.165) is 12.8 Å². The van der Waals surface area contributed by atoms with Crippen LogP contribution in [0.5, 0.6) is 0 Å². The van der Waals surface area contributed by atoms with Crippen molar-refractivity contribution in [3.05, 3.63) is 71.8 Å². The van der Waals surface area contributed by atoms with Gasteiger partial charge in [0.1, 0.15) is 0 Å². The van der Waals surface area contributed by atoms with Crippen molar-refractivity contribution in [1.29, 1.82) is 0 Å². The Morgan fingerprint density at radius 3 is 1.35 bits per heavy atom. The topological polar surface area (TPSA) is 52.0 Å². The zero-order valence-corrected chi connectivity index (χ0v) is 12.3. The molecule has 0 aliphatic rings. The highest BCUT2D eigenvalue weighted by Crippen LogP contribution is 2.26. The van der Waals surface area contributed by atoms with Gasteiger partial charge in [0.15, 0.2) is 0 Å². The van der Waals surface area contributed by atoms with Crippen LogP contribution in [0.25, 0.3) is 0 Å². The highest BCUT2D eigenvalue weighted by molar-refractivity contribution is 5.25. The fourth-order valence-electron chi connectivity index (χ4n) is 2.44. The molecule has 2 rings (SSSR count). The van der Waals surface area contributed by atoms with Crippen LogP contribution in [-0.4, -0.2) is 11.1 Å². The molecule has 0 bridgehead atoms. The van der Waals surface area contributed by atoms with Gasteiger partial charge in [-0.05, 0) is 37.8 Å². The van der Waals surface area contributed by atoms with Gasteiger partial charge in [-0.2, -0.15) is 0 Å². The molecule has 0 spiro atoms. The van der Waals surface area contributed by atoms with Crippen LogP contribution >= 0.6 is 0 Å². The molecule has 0 aliphatic heterocycles. The van der Waals surface area contributed by atoms with Crippen LogP contribution in [0.4, 0.5) is 0 Å². The van der Waals surface area contributed by atoms with Crippen LogP contribution in [0.2, 0.25) is 0 Å². The summed E-state index contributed by atoms with van der Waals surface area (Å²) < 4.78 is 0. The summed E-state index contributed by atoms with van der Waals surface area (Å²) in [4.78, 5) is 0. The maximum Gasteiger partial charge on any atom is 0.0412 e. The second-order valence-electron chi connectivity index (χ2n) is 6.20. The van der Waals surface area contributed by atoms with Crippen LogP contribution in [-0.2, 0) is 12.8 Å². The third-order valence-electron chi connectivity index (χ3n) is 4.01. The Kier molecular flexibility index (Phi) is 4.26. The maximum atomic E-state index is 6.71. The molecule has 0 fully saturated rings. The first-order chi connectivity index (χ1) is 9.41. The molecule has 0 heterocycles. The summed E-state index contributed by atoms with van der Waals surface area (Å²) in [5.74, 6) is 0. The minimum absolute atomic E-state index is 0.460. The van der Waals surface area contributed by atoms with E-state index >= 15 is 0 Å². The number of benzene rings is 2. The zero-order valence-electron chi connectivity index (χ0n) is 12.3. The molecule has 20 heavy (non-hydrogen) atoms. The van der Waals surface area contributed by atoms with Crippen molar-refractivity contribution in [2.45, 2.75) is 37.8 Å². The molecule has 2 nitrogen and oxygen atoms in total. The first kappa shape index (κ1) is 14.8. The maximum absolute atomic E-state index is 6.71. The van der Waals surface area contributed by atoms with Gasteiger partial charge in [-0.1, -0.05) is 60.7 Å². The van der Waals surface area contributed by atoms with E-state index in [0.29, 0.717) is 0 Å². The van der Waals surface area contributed by atoms with E-state index < -0.39 is 11.1 Å². The fraction of sp³-hybridized carbons (Fsp3) is 0.333. The SMILES string of the molecule is CC(C)(N)C(N)(Cc1ccccc1)Cc1ccccc1. The van der Waals surface area contributed by atoms with E-state index in [2.05, 4.69) is 24.3 Å². The molecule has 0 saturated heterocycles. The summed E-state index contributed by atoms with van der Waals surface area (Å²) >= 11 is 0. The van der Waals surface area contributed by atoms with Crippen molar-refractivity contribution >= 4 is 0 Å². The van der Waals surface area contributed by atoms with E-state index in [1.165, 1.54) is 11.1 Å². The summed E-state index contributed by atoms with van der Waals surface area (Å²) in [5.41, 5.74) is 14.6. The van der Waals surface area contributed by atoms with Crippen LogP contribution in [0.15, 0.2) is 60.7 Å². The van der Waals surface area contributed by atoms with E-state index in [9.17, 15) is 0 Å². The second kappa shape index (κ2) is 5.78. The molecular formula is C18H24N2. The Labute approximate surface area is 121 Å². The lowest BCUT2D eigenvalue weighted by Crippen LogP contribution is -2.65. The van der Waals surface area contributed by atoms with Gasteiger partial charge in [0, 0.05) is 11.1 Å². The van der Waals surface area contributed by atoms with E-state index in [4.69, 9.17) is 11.5 Å². The van der Waals surface area contributed by atoms with E-state index in [-0.39, 0.29) is 0 Å². The van der Waals surface area contributed by atoms with Crippen molar-refractivity contribution in [3.8, 4) is 0 Å². The smallest absolute Gasteiger partial charge is 0.0412 e. The summed E-state index contributed by atoms with van der Waals surface area (Å²) in [5, 5.41) is 0. The minimum atomic E-state index is -0.476. The van der Waals surface area contributed by atoms with Gasteiger partial charge in [-0.15, -0.1) is 0 Å². The molecule has 2 aromatic rings. The van der Waals surface area contributed by atoms with Crippen molar-refractivity contribution in [3.63, 3.8) is 0 Å². The highest BCUT2D eigenvalue weighted by atomic mass is 14.9. The molecule has 0 aromatic heterocycles. The molecule has 0 aliphatic carbocycles. The standard InChI is InChI=1S/C18H24N2/c1-17(2,19)18(20,13-15-9-5-3-6-10-15)14-16-11-7-4-8-12-16/h3-12H,13-14,19-20H2,1-2H3. The van der Waals surface area contributed by atoms with E-state index in [1.807, 2.05) is 50.2 Å². The second-order valence-corrected chi connectivity index (χ2v) is 6.20. The third kappa shape index (κ3) is 3.47. The van der Waals surface area contributed by atoms with Gasteiger partial charge in [0.05, 0.1) is 0 Å². The first-order valence-corrected chi connectivity index (χ1v) is 7.06. The quantitative estimate of drug-likeness (QED) is 0.876. The number of hydrogen-bond donors (Lipinski definition) is 2. The Morgan fingerprint density at radius 2 is 1.05 bits per heavy atom. The van der Waals surface area contributed by atoms with Gasteiger partial charge in [0.25, 0.3) is 0 Å². The minimum Gasteiger partial charge on any atom is -0.324 e. The lowest BCUT2D eigenvalue weighted by Gasteiger charge is -2.42. The Bertz CT molecular complexity index is 485. The molecule has 0 radical (unpaired) electrons. The Hall–Kier alpha value is -1.64. The van der Waals surface area contributed by atoms with Crippen LogP contribution in [0, 0.1) is 0 Å². The van der Waals surface area contributed by atoms with Crippen molar-refractivity contribution in [1.82, 2.24) is 0 Å². The molecule has 2 aromatic carbocycles. The number of nitrogens with two attached hydrogens (primary N) is 2. The lowest BCUT2D eigenvalue weighted by molar-refractivity contribution is 0.254. The predicted molar refractivity (Wildman–Crippen MR) is 85.5 cm³/mol. The predicted octanol–water partition coefficient (Wildman–Crippen LogP) is 2.91. The Balaban J connectivity index is 2.27. The fourth-order valence-corrected chi connectivity index (χ4v) is 2.44. The molecule has 0 atom stereocenters. The summed E-state index contributed by atoms with van der Waals surface area (Å²) in [7, 11) is 0. The molecule has 106 valence electrons. The van der Waals surface area contributed by atoms with Gasteiger partial charge < -0.3 is 11.5 Å². The summed E-state index contributed by atoms with van der Waals surface area (Å²) in [6.45, 7) is 4.03. The molecule has 0 saturated carbocycles. The normalized spacial score (nSPS) is 12.4. The van der Waals surface area contributed by atoms with E-state index in [1.54, 1.807) is 0 Å². The summed E-state index contributed by atoms with van der Waals surface area (Å²) in [6.07, 6.45) is 1.54. The van der Waals surface area contributed by atoms with Gasteiger partial charge >= 0.3 is 0 Å². The molecule has 4 N–H and O–H groups in total. The van der Waals surface area contributed by atoms with Crippen LogP contribution < -0.4 is 11.5 Å². The van der Waals surface area contributed by atoms with Crippen LogP contribution in [0.1, 0.15) is 25.0 Å². The molecule has 0 unspecified atom stereocenters. The molecular weight excluding hydrogens is 244 g/mol. The van der Waals surface area contributed by atoms with Gasteiger partial charge in [-0.3, -0.25) is 0 Å². The van der Waals surface area contributed by atoms with Gasteiger partial charge in [-0.25, -0.2) is 0 Å². The first-order valence-electron chi connectivity index (χ1n) is 7.06.